The summed E-state index contributed by atoms with van der Waals surface area (Å²) in [4.78, 5) is 10.2. The zero-order valence-electron chi connectivity index (χ0n) is 34.4. The van der Waals surface area contributed by atoms with Crippen molar-refractivity contribution in [2.75, 3.05) is 0 Å². The Bertz CT molecular complexity index is 2900. The van der Waals surface area contributed by atoms with E-state index in [9.17, 15) is 5.11 Å². The molecule has 61 heavy (non-hydrogen) atoms. The van der Waals surface area contributed by atoms with Crippen LogP contribution in [-0.2, 0) is 26.5 Å². The van der Waals surface area contributed by atoms with Crippen molar-refractivity contribution in [1.82, 2.24) is 9.97 Å². The predicted molar refractivity (Wildman–Crippen MR) is 248 cm³/mol. The third-order valence-corrected chi connectivity index (χ3v) is 11.8. The number of phenolic OH excluding ortho intramolecular Hbond substituents is 1. The van der Waals surface area contributed by atoms with Crippen LogP contribution in [0, 0.1) is 6.07 Å². The van der Waals surface area contributed by atoms with Gasteiger partial charge in [-0.2, -0.15) is 0 Å². The summed E-state index contributed by atoms with van der Waals surface area (Å²) in [5, 5.41) is 11.6. The Morgan fingerprint density at radius 3 is 1.62 bits per heavy atom. The van der Waals surface area contributed by atoms with Gasteiger partial charge in [0.25, 0.3) is 0 Å². The molecule has 9 rings (SSSR count). The molecule has 0 amide bonds. The smallest absolute Gasteiger partial charge is 0.124 e. The predicted octanol–water partition coefficient (Wildman–Crippen LogP) is 14.5. The minimum Gasteiger partial charge on any atom is -0.507 e. The quantitative estimate of drug-likeness (QED) is 0.139. The van der Waals surface area contributed by atoms with Gasteiger partial charge in [0.05, 0.1) is 5.69 Å². The third kappa shape index (κ3) is 8.80. The fourth-order valence-corrected chi connectivity index (χ4v) is 8.05. The molecule has 7 aromatic carbocycles. The van der Waals surface area contributed by atoms with E-state index in [-0.39, 0.29) is 38.1 Å². The average Bonchev–Trinajstić information content (AvgIpc) is 3.32. The van der Waals surface area contributed by atoms with Crippen molar-refractivity contribution >= 4 is 0 Å². The van der Waals surface area contributed by atoms with Gasteiger partial charge in [0.15, 0.2) is 0 Å². The number of nitrogens with zero attached hydrogens (tertiary/aromatic N) is 2. The zero-order valence-corrected chi connectivity index (χ0v) is 36.6. The molecule has 0 fully saturated rings. The van der Waals surface area contributed by atoms with Crippen LogP contribution in [0.25, 0.3) is 67.2 Å². The molecule has 300 valence electrons. The molecule has 0 spiro atoms. The molecule has 2 aromatic heterocycles. The standard InChI is InChI=1S/C57H45N2O.Pt/c1-39(40-16-8-4-9-17-40)41-24-26-44(27-25-41)47-36-54(59-55(37-47)52-38-51(28-29-56(52)60)57(2,3)50-22-14-7-15-23-50)49-33-46(43-20-12-6-13-21-43)32-48(34-49)53-35-45(30-31-58-53)42-18-10-5-11-19-42;/h4-33,35-39,60H,1-3H3;/q-1;. The first-order chi connectivity index (χ1) is 29.3. The molecule has 9 aromatic rings. The van der Waals surface area contributed by atoms with Gasteiger partial charge in [-0.15, -0.1) is 18.2 Å². The first-order valence-corrected chi connectivity index (χ1v) is 20.5. The van der Waals surface area contributed by atoms with E-state index in [1.54, 1.807) is 6.07 Å². The number of benzene rings is 7. The Balaban J connectivity index is 0.00000514. The van der Waals surface area contributed by atoms with Gasteiger partial charge < -0.3 is 5.11 Å². The van der Waals surface area contributed by atoms with Crippen LogP contribution in [0.3, 0.4) is 0 Å². The zero-order chi connectivity index (χ0) is 41.1. The van der Waals surface area contributed by atoms with Gasteiger partial charge >= 0.3 is 0 Å². The number of hydrogen-bond acceptors (Lipinski definition) is 3. The summed E-state index contributed by atoms with van der Waals surface area (Å²) in [6, 6.07) is 73.1. The van der Waals surface area contributed by atoms with Crippen LogP contribution in [0.2, 0.25) is 0 Å². The van der Waals surface area contributed by atoms with Gasteiger partial charge in [0.1, 0.15) is 5.75 Å². The molecule has 0 aliphatic rings. The van der Waals surface area contributed by atoms with Gasteiger partial charge in [-0.3, -0.25) is 9.97 Å². The SMILES string of the molecule is CC(c1ccccc1)c1ccc(-c2cc(-c3[c-]c(-c4cc(-c5ccccc5)ccn4)cc(-c4ccccc4)c3)nc(-c3cc(C(C)(C)c4ccccc4)ccc3O)c2)cc1.[Pt]. The van der Waals surface area contributed by atoms with E-state index in [0.717, 1.165) is 61.5 Å². The summed E-state index contributed by atoms with van der Waals surface area (Å²) in [7, 11) is 0. The van der Waals surface area contributed by atoms with Crippen molar-refractivity contribution in [3.8, 4) is 72.9 Å². The molecule has 4 heteroatoms. The van der Waals surface area contributed by atoms with E-state index in [1.807, 2.05) is 36.5 Å². The van der Waals surface area contributed by atoms with Crippen LogP contribution >= 0.6 is 0 Å². The average molecular weight is 969 g/mol. The minimum atomic E-state index is -0.316. The third-order valence-electron chi connectivity index (χ3n) is 11.8. The largest absolute Gasteiger partial charge is 0.507 e. The number of hydrogen-bond donors (Lipinski definition) is 1. The van der Waals surface area contributed by atoms with Crippen LogP contribution in [-0.4, -0.2) is 15.1 Å². The van der Waals surface area contributed by atoms with Crippen molar-refractivity contribution in [3.05, 3.63) is 235 Å². The Morgan fingerprint density at radius 1 is 0.459 bits per heavy atom. The van der Waals surface area contributed by atoms with Crippen molar-refractivity contribution in [1.29, 1.82) is 0 Å². The first-order valence-electron chi connectivity index (χ1n) is 20.5. The summed E-state index contributed by atoms with van der Waals surface area (Å²) < 4.78 is 0. The molecule has 0 saturated carbocycles. The molecule has 0 bridgehead atoms. The molecule has 1 unspecified atom stereocenters. The number of rotatable bonds is 10. The molecule has 0 aliphatic heterocycles. The second kappa shape index (κ2) is 17.9. The van der Waals surface area contributed by atoms with E-state index in [1.165, 1.54) is 16.7 Å². The molecule has 0 radical (unpaired) electrons. The van der Waals surface area contributed by atoms with Gasteiger partial charge in [0.2, 0.25) is 0 Å². The maximum atomic E-state index is 11.6. The Labute approximate surface area is 373 Å². The number of phenols is 1. The van der Waals surface area contributed by atoms with E-state index in [4.69, 9.17) is 9.97 Å². The molecular formula is C57H45N2OPt-. The summed E-state index contributed by atoms with van der Waals surface area (Å²) in [5.74, 6) is 0.425. The van der Waals surface area contributed by atoms with Crippen LogP contribution in [0.1, 0.15) is 48.9 Å². The van der Waals surface area contributed by atoms with Crippen LogP contribution in [0.5, 0.6) is 5.75 Å². The maximum absolute atomic E-state index is 11.6. The molecule has 0 aliphatic carbocycles. The topological polar surface area (TPSA) is 46.0 Å². The van der Waals surface area contributed by atoms with Crippen molar-refractivity contribution in [2.45, 2.75) is 32.1 Å². The Hall–Kier alpha value is -6.67. The minimum absolute atomic E-state index is 0. The fourth-order valence-electron chi connectivity index (χ4n) is 8.05. The van der Waals surface area contributed by atoms with E-state index >= 15 is 0 Å². The summed E-state index contributed by atoms with van der Waals surface area (Å²) >= 11 is 0. The number of aromatic hydroxyl groups is 1. The van der Waals surface area contributed by atoms with Crippen molar-refractivity contribution in [2.24, 2.45) is 0 Å². The molecule has 3 nitrogen and oxygen atoms in total. The second-order valence-electron chi connectivity index (χ2n) is 16.0. The van der Waals surface area contributed by atoms with E-state index < -0.39 is 0 Å². The molecular weight excluding hydrogens is 924 g/mol. The van der Waals surface area contributed by atoms with E-state index in [0.29, 0.717) is 11.3 Å². The monoisotopic (exact) mass is 968 g/mol. The molecule has 1 atom stereocenters. The van der Waals surface area contributed by atoms with Gasteiger partial charge in [-0.25, -0.2) is 0 Å². The van der Waals surface area contributed by atoms with Gasteiger partial charge in [-0.05, 0) is 74.3 Å². The second-order valence-corrected chi connectivity index (χ2v) is 16.0. The molecule has 2 heterocycles. The van der Waals surface area contributed by atoms with Crippen LogP contribution < -0.4 is 0 Å². The number of aromatic nitrogens is 2. The fraction of sp³-hybridized carbons (Fsp3) is 0.0877. The van der Waals surface area contributed by atoms with Crippen LogP contribution in [0.4, 0.5) is 0 Å². The summed E-state index contributed by atoms with van der Waals surface area (Å²) in [5.41, 5.74) is 15.5. The molecule has 1 N–H and O–H groups in total. The Morgan fingerprint density at radius 2 is 0.967 bits per heavy atom. The summed E-state index contributed by atoms with van der Waals surface area (Å²) in [6.45, 7) is 6.69. The first kappa shape index (κ1) is 41.1. The maximum Gasteiger partial charge on any atom is 0.124 e. The normalized spacial score (nSPS) is 11.7. The Kier molecular flexibility index (Phi) is 12.1. The molecule has 0 saturated heterocycles. The van der Waals surface area contributed by atoms with Gasteiger partial charge in [-0.1, -0.05) is 201 Å². The summed E-state index contributed by atoms with van der Waals surface area (Å²) in [6.07, 6.45) is 1.87. The van der Waals surface area contributed by atoms with Crippen molar-refractivity contribution in [3.63, 3.8) is 0 Å². The van der Waals surface area contributed by atoms with Crippen LogP contribution in [0.15, 0.2) is 206 Å². The number of pyridine rings is 2. The van der Waals surface area contributed by atoms with E-state index in [2.05, 4.69) is 191 Å². The van der Waals surface area contributed by atoms with Crippen molar-refractivity contribution < 1.29 is 26.2 Å². The van der Waals surface area contributed by atoms with Gasteiger partial charge in [0, 0.05) is 55.5 Å².